The van der Waals surface area contributed by atoms with Crippen LogP contribution in [0.1, 0.15) is 74.3 Å². The van der Waals surface area contributed by atoms with Crippen molar-refractivity contribution in [3.05, 3.63) is 68.3 Å². The third kappa shape index (κ3) is 4.71. The third-order valence-corrected chi connectivity index (χ3v) is 13.8. The molecule has 0 aromatic heterocycles. The van der Waals surface area contributed by atoms with Crippen molar-refractivity contribution in [1.29, 1.82) is 0 Å². The number of phenolic OH excluding ortho intramolecular Hbond substituents is 2. The van der Waals surface area contributed by atoms with Crippen molar-refractivity contribution in [2.45, 2.75) is 81.7 Å². The third-order valence-electron chi connectivity index (χ3n) is 12.3. The maximum absolute atomic E-state index is 14.6. The summed E-state index contributed by atoms with van der Waals surface area (Å²) in [5.74, 6) is 1.09. The van der Waals surface area contributed by atoms with E-state index in [0.717, 1.165) is 22.3 Å². The number of esters is 2. The van der Waals surface area contributed by atoms with Crippen molar-refractivity contribution < 1.29 is 48.6 Å². The molecule has 4 N–H and O–H groups in total. The number of methoxy groups -OCH3 is 1. The number of aryl methyl sites for hydroxylation is 2. The van der Waals surface area contributed by atoms with Gasteiger partial charge in [-0.3, -0.25) is 19.9 Å². The molecule has 13 nitrogen and oxygen atoms in total. The average molecular weight is 746 g/mol. The van der Waals surface area contributed by atoms with Crippen LogP contribution in [0.25, 0.3) is 0 Å². The van der Waals surface area contributed by atoms with Crippen LogP contribution in [0.15, 0.2) is 18.2 Å². The second kappa shape index (κ2) is 12.2. The number of ether oxygens (including phenoxy) is 5. The van der Waals surface area contributed by atoms with E-state index in [-0.39, 0.29) is 36.7 Å². The topological polar surface area (TPSA) is 159 Å². The van der Waals surface area contributed by atoms with E-state index in [9.17, 15) is 24.9 Å². The maximum Gasteiger partial charge on any atom is 0.331 e. The molecule has 280 valence electrons. The van der Waals surface area contributed by atoms with Crippen LogP contribution < -0.4 is 24.3 Å². The molecule has 7 aliphatic rings. The first kappa shape index (κ1) is 34.6. The minimum atomic E-state index is -1.28. The van der Waals surface area contributed by atoms with E-state index >= 15 is 0 Å². The molecule has 3 aromatic carbocycles. The molecule has 10 rings (SSSR count). The lowest BCUT2D eigenvalue weighted by Gasteiger charge is -2.62. The number of phenols is 2. The Morgan fingerprint density at radius 3 is 2.55 bits per heavy atom. The van der Waals surface area contributed by atoms with Crippen LogP contribution in [0.4, 0.5) is 0 Å². The van der Waals surface area contributed by atoms with Gasteiger partial charge in [0, 0.05) is 47.5 Å². The van der Waals surface area contributed by atoms with Crippen LogP contribution in [-0.4, -0.2) is 95.2 Å². The predicted octanol–water partition coefficient (Wildman–Crippen LogP) is 3.71. The van der Waals surface area contributed by atoms with Crippen LogP contribution in [-0.2, 0) is 32.7 Å². The molecule has 4 bridgehead atoms. The molecule has 2 saturated heterocycles. The molecule has 14 heteroatoms. The number of carbonyl (C=O) groups is 2. The summed E-state index contributed by atoms with van der Waals surface area (Å²) >= 11 is 1.50. The Morgan fingerprint density at radius 2 is 1.79 bits per heavy atom. The lowest BCUT2D eigenvalue weighted by Crippen LogP contribution is -2.70. The molecule has 0 aliphatic carbocycles. The van der Waals surface area contributed by atoms with Crippen molar-refractivity contribution in [1.82, 2.24) is 15.1 Å². The molecular weight excluding hydrogens is 703 g/mol. The summed E-state index contributed by atoms with van der Waals surface area (Å²) in [5, 5.41) is 38.2. The first-order chi connectivity index (χ1) is 25.4. The van der Waals surface area contributed by atoms with E-state index in [4.69, 9.17) is 23.7 Å². The zero-order chi connectivity index (χ0) is 37.2. The molecule has 2 unspecified atom stereocenters. The van der Waals surface area contributed by atoms with Gasteiger partial charge in [-0.1, -0.05) is 6.07 Å². The van der Waals surface area contributed by atoms with Gasteiger partial charge >= 0.3 is 11.9 Å². The summed E-state index contributed by atoms with van der Waals surface area (Å²) < 4.78 is 30.4. The minimum absolute atomic E-state index is 0.0488. The number of fused-ring (bicyclic) bond motifs is 9. The zero-order valence-corrected chi connectivity index (χ0v) is 31.3. The van der Waals surface area contributed by atoms with Crippen molar-refractivity contribution in [3.63, 3.8) is 0 Å². The first-order valence-corrected chi connectivity index (χ1v) is 19.0. The number of hydrogen-bond acceptors (Lipinski definition) is 14. The second-order valence-corrected chi connectivity index (χ2v) is 16.2. The Hall–Kier alpha value is -4.21. The quantitative estimate of drug-likeness (QED) is 0.222. The highest BCUT2D eigenvalue weighted by atomic mass is 32.2. The van der Waals surface area contributed by atoms with Gasteiger partial charge in [-0.25, -0.2) is 4.79 Å². The number of piperazine rings is 1. The van der Waals surface area contributed by atoms with E-state index in [2.05, 4.69) is 10.2 Å². The second-order valence-electron chi connectivity index (χ2n) is 15.0. The SMILES string of the molecule is COc1c(C)cc2c(c1O)C1[C@@H]3[C@@H]4SC[C@]5(NCCc6cc(O)c(C)cc65)C(=O)OC[C@@H](c5c6c(c(C)c(OC(C)=O)c54)OCO6)N3[C@@H](O)C(C2)N1C. The van der Waals surface area contributed by atoms with Crippen molar-refractivity contribution >= 4 is 23.7 Å². The lowest BCUT2D eigenvalue weighted by molar-refractivity contribution is -0.186. The van der Waals surface area contributed by atoms with Crippen molar-refractivity contribution in [2.75, 3.05) is 39.9 Å². The Morgan fingerprint density at radius 1 is 1.02 bits per heavy atom. The molecule has 53 heavy (non-hydrogen) atoms. The number of aliphatic hydroxyl groups excluding tert-OH is 1. The fourth-order valence-electron chi connectivity index (χ4n) is 9.96. The van der Waals surface area contributed by atoms with E-state index < -0.39 is 47.1 Å². The molecule has 0 radical (unpaired) electrons. The number of thioether (sulfide) groups is 1. The van der Waals surface area contributed by atoms with E-state index in [1.54, 1.807) is 13.2 Å². The molecule has 0 amide bonds. The van der Waals surface area contributed by atoms with Crippen LogP contribution in [0.2, 0.25) is 0 Å². The number of rotatable bonds is 2. The van der Waals surface area contributed by atoms with Crippen LogP contribution in [0.5, 0.6) is 34.5 Å². The normalized spacial score (nSPS) is 29.8. The monoisotopic (exact) mass is 745 g/mol. The Balaban J connectivity index is 1.32. The molecule has 1 spiro atoms. The summed E-state index contributed by atoms with van der Waals surface area (Å²) in [6.07, 6.45) is 0.0521. The lowest BCUT2D eigenvalue weighted by atomic mass is 9.73. The summed E-state index contributed by atoms with van der Waals surface area (Å²) in [5.41, 5.74) is 5.34. The largest absolute Gasteiger partial charge is 0.508 e. The van der Waals surface area contributed by atoms with Gasteiger partial charge in [-0.15, -0.1) is 11.8 Å². The molecule has 7 atom stereocenters. The number of benzene rings is 3. The standard InChI is InChI=1S/C39H43N3O10S/c1-16-10-22-20(12-25(16)44)7-8-40-39(22)14-53-36-28-27(35-34(50-15-51-35)18(3)33(28)52-19(4)43)24(13-49-38(39)47)42-30(36)29-26-21(11-23(37(42)46)41(29)5)9-17(2)32(48-6)31(26)45/h9-10,12,23-24,29-30,36-37,40,44-46H,7-8,11,13-15H2,1-6H3/t23?,24-,29?,30+,36+,37-,39+/m0/s1. The van der Waals surface area contributed by atoms with E-state index in [1.807, 2.05) is 44.9 Å². The van der Waals surface area contributed by atoms with Gasteiger partial charge in [0.05, 0.1) is 30.5 Å². The average Bonchev–Trinajstić information content (AvgIpc) is 3.61. The fraction of sp³-hybridized carbons (Fsp3) is 0.487. The van der Waals surface area contributed by atoms with Crippen LogP contribution in [0, 0.1) is 20.8 Å². The molecule has 0 saturated carbocycles. The number of aliphatic hydroxyl groups is 1. The van der Waals surface area contributed by atoms with Gasteiger partial charge in [0.2, 0.25) is 6.79 Å². The first-order valence-electron chi connectivity index (χ1n) is 18.0. The van der Waals surface area contributed by atoms with Gasteiger partial charge in [0.1, 0.15) is 24.3 Å². The number of nitrogens with zero attached hydrogens (tertiary/aromatic N) is 2. The smallest absolute Gasteiger partial charge is 0.331 e. The Kier molecular flexibility index (Phi) is 7.92. The zero-order valence-electron chi connectivity index (χ0n) is 30.4. The van der Waals surface area contributed by atoms with Crippen molar-refractivity contribution in [3.8, 4) is 34.5 Å². The van der Waals surface area contributed by atoms with Gasteiger partial charge in [-0.2, -0.15) is 0 Å². The molecule has 2 fully saturated rings. The highest BCUT2D eigenvalue weighted by molar-refractivity contribution is 7.99. The molecule has 3 aromatic rings. The summed E-state index contributed by atoms with van der Waals surface area (Å²) in [4.78, 5) is 31.7. The van der Waals surface area contributed by atoms with Gasteiger partial charge < -0.3 is 39.0 Å². The Bertz CT molecular complexity index is 2110. The highest BCUT2D eigenvalue weighted by Crippen LogP contribution is 2.64. The van der Waals surface area contributed by atoms with Crippen LogP contribution >= 0.6 is 11.8 Å². The number of hydrogen-bond donors (Lipinski definition) is 4. The van der Waals surface area contributed by atoms with Gasteiger partial charge in [-0.05, 0) is 80.6 Å². The molecular formula is C39H43N3O10S. The van der Waals surface area contributed by atoms with Gasteiger partial charge in [0.25, 0.3) is 0 Å². The highest BCUT2D eigenvalue weighted by Gasteiger charge is 2.61. The van der Waals surface area contributed by atoms with Crippen LogP contribution in [0.3, 0.4) is 0 Å². The summed E-state index contributed by atoms with van der Waals surface area (Å²) in [7, 11) is 3.51. The molecule has 7 heterocycles. The minimum Gasteiger partial charge on any atom is -0.508 e. The number of nitrogens with one attached hydrogen (secondary N) is 1. The van der Waals surface area contributed by atoms with Gasteiger partial charge in [0.15, 0.2) is 28.5 Å². The number of likely N-dealkylation sites (N-methyl/N-ethyl adjacent to an activating group) is 1. The van der Waals surface area contributed by atoms with E-state index in [0.29, 0.717) is 70.2 Å². The Labute approximate surface area is 311 Å². The number of aromatic hydroxyl groups is 2. The fourth-order valence-corrected chi connectivity index (χ4v) is 11.7. The maximum atomic E-state index is 14.6. The summed E-state index contributed by atoms with van der Waals surface area (Å²) in [6, 6.07) is 3.49. The predicted molar refractivity (Wildman–Crippen MR) is 193 cm³/mol. The molecule has 7 aliphatic heterocycles. The number of carbonyl (C=O) groups excluding carboxylic acids is 2. The summed E-state index contributed by atoms with van der Waals surface area (Å²) in [6.45, 7) is 7.17. The van der Waals surface area contributed by atoms with E-state index in [1.165, 1.54) is 18.7 Å². The van der Waals surface area contributed by atoms with Crippen molar-refractivity contribution in [2.24, 2.45) is 0 Å².